The number of aryl methyl sites for hydroxylation is 2. The maximum atomic E-state index is 5.99. The van der Waals surface area contributed by atoms with E-state index in [1.807, 2.05) is 38.2 Å². The van der Waals surface area contributed by atoms with Crippen LogP contribution in [0.4, 0.5) is 5.95 Å². The van der Waals surface area contributed by atoms with Crippen LogP contribution in [0.15, 0.2) is 30.3 Å². The fourth-order valence-corrected chi connectivity index (χ4v) is 3.06. The average molecular weight is 299 g/mol. The first kappa shape index (κ1) is 13.8. The van der Waals surface area contributed by atoms with Crippen molar-refractivity contribution in [1.82, 2.24) is 9.97 Å². The van der Waals surface area contributed by atoms with E-state index >= 15 is 0 Å². The summed E-state index contributed by atoms with van der Waals surface area (Å²) >= 11 is 1.68. The Labute approximate surface area is 127 Å². The van der Waals surface area contributed by atoms with Gasteiger partial charge in [0.2, 0.25) is 11.8 Å². The molecule has 0 aliphatic heterocycles. The Balaban J connectivity index is 2.09. The Kier molecular flexibility index (Phi) is 3.75. The van der Waals surface area contributed by atoms with Crippen LogP contribution >= 0.6 is 11.3 Å². The second kappa shape index (κ2) is 5.69. The number of nitrogens with one attached hydrogen (secondary N) is 1. The summed E-state index contributed by atoms with van der Waals surface area (Å²) in [6.07, 6.45) is 0.986. The van der Waals surface area contributed by atoms with Crippen molar-refractivity contribution in [3.8, 4) is 11.6 Å². The van der Waals surface area contributed by atoms with Gasteiger partial charge in [-0.1, -0.05) is 19.1 Å². The highest BCUT2D eigenvalue weighted by atomic mass is 32.1. The number of aromatic nitrogens is 2. The molecule has 1 aromatic carbocycles. The quantitative estimate of drug-likeness (QED) is 0.776. The third-order valence-electron chi connectivity index (χ3n) is 3.18. The maximum Gasteiger partial charge on any atom is 0.232 e. The van der Waals surface area contributed by atoms with Crippen LogP contribution in [0.2, 0.25) is 0 Å². The maximum absolute atomic E-state index is 5.99. The first-order valence-electron chi connectivity index (χ1n) is 6.92. The second-order valence-electron chi connectivity index (χ2n) is 4.81. The molecule has 108 valence electrons. The molecule has 5 heteroatoms. The summed E-state index contributed by atoms with van der Waals surface area (Å²) in [4.78, 5) is 11.2. The molecule has 0 saturated carbocycles. The van der Waals surface area contributed by atoms with E-state index < -0.39 is 0 Å². The molecule has 0 unspecified atom stereocenters. The van der Waals surface area contributed by atoms with Gasteiger partial charge in [-0.2, -0.15) is 4.98 Å². The van der Waals surface area contributed by atoms with Gasteiger partial charge in [-0.25, -0.2) is 4.98 Å². The van der Waals surface area contributed by atoms with Crippen LogP contribution in [-0.4, -0.2) is 17.0 Å². The van der Waals surface area contributed by atoms with Crippen molar-refractivity contribution in [2.75, 3.05) is 12.4 Å². The number of thiophene rings is 1. The molecule has 0 aliphatic rings. The van der Waals surface area contributed by atoms with Crippen molar-refractivity contribution in [3.63, 3.8) is 0 Å². The summed E-state index contributed by atoms with van der Waals surface area (Å²) in [5, 5.41) is 3.96. The first-order chi connectivity index (χ1) is 10.2. The summed E-state index contributed by atoms with van der Waals surface area (Å²) < 4.78 is 5.99. The van der Waals surface area contributed by atoms with Crippen LogP contribution in [0.5, 0.6) is 11.6 Å². The van der Waals surface area contributed by atoms with E-state index in [0.717, 1.165) is 28.0 Å². The van der Waals surface area contributed by atoms with Crippen LogP contribution in [0.1, 0.15) is 17.4 Å². The van der Waals surface area contributed by atoms with E-state index in [-0.39, 0.29) is 0 Å². The molecule has 3 aromatic rings. The molecule has 21 heavy (non-hydrogen) atoms. The lowest BCUT2D eigenvalue weighted by Gasteiger charge is -2.08. The minimum atomic E-state index is 0.578. The Morgan fingerprint density at radius 1 is 1.24 bits per heavy atom. The zero-order valence-electron chi connectivity index (χ0n) is 12.3. The molecule has 0 radical (unpaired) electrons. The topological polar surface area (TPSA) is 47.0 Å². The van der Waals surface area contributed by atoms with Gasteiger partial charge in [-0.15, -0.1) is 11.3 Å². The second-order valence-corrected chi connectivity index (χ2v) is 5.92. The smallest absolute Gasteiger partial charge is 0.232 e. The lowest BCUT2D eigenvalue weighted by molar-refractivity contribution is 0.469. The Bertz CT molecular complexity index is 782. The fourth-order valence-electron chi connectivity index (χ4n) is 2.10. The summed E-state index contributed by atoms with van der Waals surface area (Å²) in [7, 11) is 1.81. The minimum absolute atomic E-state index is 0.578. The molecule has 0 atom stereocenters. The van der Waals surface area contributed by atoms with Crippen LogP contribution in [0, 0.1) is 6.92 Å². The molecule has 4 nitrogen and oxygen atoms in total. The van der Waals surface area contributed by atoms with Crippen molar-refractivity contribution in [3.05, 3.63) is 40.8 Å². The lowest BCUT2D eigenvalue weighted by Crippen LogP contribution is -1.98. The zero-order valence-corrected chi connectivity index (χ0v) is 13.1. The summed E-state index contributed by atoms with van der Waals surface area (Å²) in [5.74, 6) is 1.97. The van der Waals surface area contributed by atoms with Gasteiger partial charge in [0.1, 0.15) is 10.6 Å². The van der Waals surface area contributed by atoms with Crippen LogP contribution in [0.25, 0.3) is 10.2 Å². The van der Waals surface area contributed by atoms with Crippen LogP contribution in [0.3, 0.4) is 0 Å². The third-order valence-corrected chi connectivity index (χ3v) is 4.36. The van der Waals surface area contributed by atoms with Crippen LogP contribution in [-0.2, 0) is 6.42 Å². The number of hydrogen-bond acceptors (Lipinski definition) is 5. The van der Waals surface area contributed by atoms with Gasteiger partial charge in [-0.05, 0) is 37.1 Å². The minimum Gasteiger partial charge on any atom is -0.438 e. The van der Waals surface area contributed by atoms with Gasteiger partial charge in [-0.3, -0.25) is 0 Å². The predicted octanol–water partition coefficient (Wildman–Crippen LogP) is 4.40. The van der Waals surface area contributed by atoms with Crippen LogP contribution < -0.4 is 10.1 Å². The highest BCUT2D eigenvalue weighted by Crippen LogP contribution is 2.34. The molecule has 2 aromatic heterocycles. The summed E-state index contributed by atoms with van der Waals surface area (Å²) in [6, 6.07) is 10.1. The standard InChI is InChI=1S/C16H17N3OS/c1-4-12-9-13-14(18-16(17-3)19-15(13)21-12)20-11-7-5-6-10(2)8-11/h5-9H,4H2,1-3H3,(H,17,18,19). The molecule has 0 aliphatic carbocycles. The van der Waals surface area contributed by atoms with E-state index in [4.69, 9.17) is 4.74 Å². The average Bonchev–Trinajstić information content (AvgIpc) is 2.90. The van der Waals surface area contributed by atoms with Crippen molar-refractivity contribution in [2.24, 2.45) is 0 Å². The van der Waals surface area contributed by atoms with E-state index in [2.05, 4.69) is 28.3 Å². The number of rotatable bonds is 4. The molecule has 0 saturated heterocycles. The predicted molar refractivity (Wildman–Crippen MR) is 87.6 cm³/mol. The highest BCUT2D eigenvalue weighted by Gasteiger charge is 2.13. The molecule has 3 rings (SSSR count). The first-order valence-corrected chi connectivity index (χ1v) is 7.74. The zero-order chi connectivity index (χ0) is 14.8. The van der Waals surface area contributed by atoms with Gasteiger partial charge < -0.3 is 10.1 Å². The Morgan fingerprint density at radius 3 is 2.81 bits per heavy atom. The van der Waals surface area contributed by atoms with E-state index in [1.54, 1.807) is 11.3 Å². The third kappa shape index (κ3) is 2.83. The van der Waals surface area contributed by atoms with Gasteiger partial charge in [0, 0.05) is 11.9 Å². The summed E-state index contributed by atoms with van der Waals surface area (Å²) in [6.45, 7) is 4.18. The Hall–Kier alpha value is -2.14. The van der Waals surface area contributed by atoms with Gasteiger partial charge >= 0.3 is 0 Å². The van der Waals surface area contributed by atoms with Crippen molar-refractivity contribution >= 4 is 27.5 Å². The fraction of sp³-hybridized carbons (Fsp3) is 0.250. The largest absolute Gasteiger partial charge is 0.438 e. The number of nitrogens with zero attached hydrogens (tertiary/aromatic N) is 2. The Morgan fingerprint density at radius 2 is 2.10 bits per heavy atom. The SMILES string of the molecule is CCc1cc2c(Oc3cccc(C)c3)nc(NC)nc2s1. The summed E-state index contributed by atoms with van der Waals surface area (Å²) in [5.41, 5.74) is 1.16. The van der Waals surface area contributed by atoms with Gasteiger partial charge in [0.25, 0.3) is 0 Å². The lowest BCUT2D eigenvalue weighted by atomic mass is 10.2. The van der Waals surface area contributed by atoms with Gasteiger partial charge in [0.15, 0.2) is 0 Å². The number of anilines is 1. The number of benzene rings is 1. The molecule has 0 fully saturated rings. The van der Waals surface area contributed by atoms with E-state index in [1.165, 1.54) is 4.88 Å². The van der Waals surface area contributed by atoms with Crippen molar-refractivity contribution in [2.45, 2.75) is 20.3 Å². The van der Waals surface area contributed by atoms with E-state index in [0.29, 0.717) is 11.8 Å². The van der Waals surface area contributed by atoms with Gasteiger partial charge in [0.05, 0.1) is 5.39 Å². The molecule has 0 bridgehead atoms. The molecule has 0 spiro atoms. The molecule has 2 heterocycles. The highest BCUT2D eigenvalue weighted by molar-refractivity contribution is 7.18. The molecule has 0 amide bonds. The van der Waals surface area contributed by atoms with E-state index in [9.17, 15) is 0 Å². The van der Waals surface area contributed by atoms with Crippen molar-refractivity contribution in [1.29, 1.82) is 0 Å². The normalized spacial score (nSPS) is 10.8. The number of hydrogen-bond donors (Lipinski definition) is 1. The monoisotopic (exact) mass is 299 g/mol. The van der Waals surface area contributed by atoms with Crippen molar-refractivity contribution < 1.29 is 4.74 Å². The molecular formula is C16H17N3OS. The molecule has 1 N–H and O–H groups in total. The molecular weight excluding hydrogens is 282 g/mol. The number of ether oxygens (including phenoxy) is 1. The number of fused-ring (bicyclic) bond motifs is 1.